The van der Waals surface area contributed by atoms with Gasteiger partial charge in [-0.2, -0.15) is 0 Å². The van der Waals surface area contributed by atoms with Gasteiger partial charge in [0.25, 0.3) is 0 Å². The van der Waals surface area contributed by atoms with E-state index in [1.807, 2.05) is 12.1 Å². The van der Waals surface area contributed by atoms with Gasteiger partial charge in [0.15, 0.2) is 0 Å². The summed E-state index contributed by atoms with van der Waals surface area (Å²) >= 11 is 0. The Balaban J connectivity index is 1.52. The van der Waals surface area contributed by atoms with Gasteiger partial charge in [-0.1, -0.05) is 24.3 Å². The van der Waals surface area contributed by atoms with Crippen molar-refractivity contribution in [1.29, 1.82) is 0 Å². The van der Waals surface area contributed by atoms with E-state index < -0.39 is 16.1 Å². The molecule has 2 amide bonds. The summed E-state index contributed by atoms with van der Waals surface area (Å²) in [6.07, 6.45) is 3.59. The van der Waals surface area contributed by atoms with Crippen LogP contribution in [0.5, 0.6) is 0 Å². The van der Waals surface area contributed by atoms with Crippen LogP contribution in [0.1, 0.15) is 30.4 Å². The maximum atomic E-state index is 13.4. The van der Waals surface area contributed by atoms with E-state index in [1.165, 1.54) is 0 Å². The first-order valence-corrected chi connectivity index (χ1v) is 12.4. The van der Waals surface area contributed by atoms with E-state index in [9.17, 15) is 18.0 Å². The molecular formula is C21H30N4O4S. The molecule has 3 fully saturated rings. The molecule has 2 saturated heterocycles. The second-order valence-corrected chi connectivity index (χ2v) is 10.6. The van der Waals surface area contributed by atoms with Crippen LogP contribution >= 0.6 is 0 Å². The Bertz CT molecular complexity index is 931. The number of piperazine rings is 1. The molecule has 1 aromatic carbocycles. The predicted octanol–water partition coefficient (Wildman–Crippen LogP) is 0.224. The van der Waals surface area contributed by atoms with Crippen LogP contribution in [-0.2, 0) is 26.2 Å². The zero-order valence-electron chi connectivity index (χ0n) is 17.5. The van der Waals surface area contributed by atoms with Gasteiger partial charge in [0.2, 0.25) is 21.8 Å². The summed E-state index contributed by atoms with van der Waals surface area (Å²) in [5.74, 6) is 0.0870. The first-order valence-electron chi connectivity index (χ1n) is 10.6. The summed E-state index contributed by atoms with van der Waals surface area (Å²) in [6.45, 7) is 4.00. The summed E-state index contributed by atoms with van der Waals surface area (Å²) in [4.78, 5) is 29.5. The van der Waals surface area contributed by atoms with Crippen LogP contribution in [-0.4, -0.2) is 74.0 Å². The Morgan fingerprint density at radius 1 is 1.20 bits per heavy atom. The van der Waals surface area contributed by atoms with Crippen molar-refractivity contribution in [3.05, 3.63) is 35.4 Å². The molecule has 164 valence electrons. The van der Waals surface area contributed by atoms with E-state index in [-0.39, 0.29) is 36.4 Å². The van der Waals surface area contributed by atoms with Gasteiger partial charge in [0, 0.05) is 44.2 Å². The maximum Gasteiger partial charge on any atom is 0.242 e. The zero-order valence-corrected chi connectivity index (χ0v) is 18.3. The molecule has 8 nitrogen and oxygen atoms in total. The molecule has 0 aromatic heterocycles. The number of hydrogen-bond donors (Lipinski definition) is 2. The van der Waals surface area contributed by atoms with Gasteiger partial charge in [-0.25, -0.2) is 13.1 Å². The number of hydrogen-bond acceptors (Lipinski definition) is 5. The normalized spacial score (nSPS) is 27.2. The van der Waals surface area contributed by atoms with Crippen molar-refractivity contribution in [3.63, 3.8) is 0 Å². The minimum atomic E-state index is -3.33. The van der Waals surface area contributed by atoms with Gasteiger partial charge in [0.1, 0.15) is 6.04 Å². The fourth-order valence-corrected chi connectivity index (χ4v) is 5.35. The number of nitrogens with zero attached hydrogens (tertiary/aromatic N) is 2. The predicted molar refractivity (Wildman–Crippen MR) is 113 cm³/mol. The van der Waals surface area contributed by atoms with E-state index in [2.05, 4.69) is 34.0 Å². The van der Waals surface area contributed by atoms with Crippen LogP contribution in [0, 0.1) is 12.8 Å². The number of aryl methyl sites for hydroxylation is 1. The second-order valence-electron chi connectivity index (χ2n) is 8.86. The molecule has 2 N–H and O–H groups in total. The average Bonchev–Trinajstić information content (AvgIpc) is 3.43. The van der Waals surface area contributed by atoms with Crippen molar-refractivity contribution in [2.75, 3.05) is 25.9 Å². The highest BCUT2D eigenvalue weighted by atomic mass is 32.2. The number of fused-ring (bicyclic) bond motifs is 1. The van der Waals surface area contributed by atoms with Gasteiger partial charge in [-0.15, -0.1) is 0 Å². The summed E-state index contributed by atoms with van der Waals surface area (Å²) < 4.78 is 26.0. The van der Waals surface area contributed by atoms with Gasteiger partial charge in [-0.05, 0) is 37.3 Å². The van der Waals surface area contributed by atoms with Gasteiger partial charge in [-0.3, -0.25) is 14.5 Å². The minimum Gasteiger partial charge on any atom is -0.354 e. The molecule has 0 bridgehead atoms. The van der Waals surface area contributed by atoms with Crippen LogP contribution < -0.4 is 10.0 Å². The van der Waals surface area contributed by atoms with Crippen molar-refractivity contribution < 1.29 is 18.0 Å². The third-order valence-electron chi connectivity index (χ3n) is 6.30. The summed E-state index contributed by atoms with van der Waals surface area (Å²) in [6, 6.07) is 7.36. The Morgan fingerprint density at radius 2 is 1.93 bits per heavy atom. The lowest BCUT2D eigenvalue weighted by molar-refractivity contribution is -0.144. The number of nitrogens with one attached hydrogen (secondary N) is 2. The van der Waals surface area contributed by atoms with E-state index in [4.69, 9.17) is 0 Å². The number of carbonyl (C=O) groups is 2. The van der Waals surface area contributed by atoms with Crippen LogP contribution in [0.2, 0.25) is 0 Å². The fourth-order valence-electron chi connectivity index (χ4n) is 4.58. The van der Waals surface area contributed by atoms with Crippen LogP contribution in [0.3, 0.4) is 0 Å². The summed E-state index contributed by atoms with van der Waals surface area (Å²) in [5.41, 5.74) is 2.32. The fraction of sp³-hybridized carbons (Fsp3) is 0.619. The van der Waals surface area contributed by atoms with Crippen molar-refractivity contribution in [2.45, 2.75) is 50.9 Å². The average molecular weight is 435 g/mol. The highest BCUT2D eigenvalue weighted by Crippen LogP contribution is 2.30. The molecule has 1 aromatic rings. The van der Waals surface area contributed by atoms with Gasteiger partial charge in [0.05, 0.1) is 6.26 Å². The number of amides is 2. The quantitative estimate of drug-likeness (QED) is 0.640. The van der Waals surface area contributed by atoms with Gasteiger partial charge < -0.3 is 10.2 Å². The topological polar surface area (TPSA) is 98.8 Å². The first kappa shape index (κ1) is 21.3. The molecule has 1 aliphatic carbocycles. The molecule has 2 heterocycles. The lowest BCUT2D eigenvalue weighted by atomic mass is 10.0. The SMILES string of the molecule is Cc1ccccc1CN1C[C@@H]2C[C@H](NS(C)(=O)=O)CN2C(=O)[C@@H]1CNC(=O)C1CC1. The summed E-state index contributed by atoms with van der Waals surface area (Å²) in [7, 11) is -3.33. The molecule has 3 aliphatic rings. The Morgan fingerprint density at radius 3 is 2.60 bits per heavy atom. The smallest absolute Gasteiger partial charge is 0.242 e. The number of sulfonamides is 1. The molecule has 1 saturated carbocycles. The Kier molecular flexibility index (Phi) is 5.87. The largest absolute Gasteiger partial charge is 0.354 e. The van der Waals surface area contributed by atoms with Crippen molar-refractivity contribution in [1.82, 2.24) is 19.8 Å². The summed E-state index contributed by atoms with van der Waals surface area (Å²) in [5, 5.41) is 2.96. The van der Waals surface area contributed by atoms with E-state index in [0.29, 0.717) is 26.1 Å². The van der Waals surface area contributed by atoms with E-state index in [1.54, 1.807) is 4.90 Å². The molecule has 0 spiro atoms. The molecule has 9 heteroatoms. The van der Waals surface area contributed by atoms with Crippen molar-refractivity contribution >= 4 is 21.8 Å². The Labute approximate surface area is 178 Å². The van der Waals surface area contributed by atoms with Gasteiger partial charge >= 0.3 is 0 Å². The minimum absolute atomic E-state index is 0.0267. The third-order valence-corrected chi connectivity index (χ3v) is 7.06. The van der Waals surface area contributed by atoms with Crippen LogP contribution in [0.4, 0.5) is 0 Å². The molecule has 4 rings (SSSR count). The Hall–Kier alpha value is -1.97. The van der Waals surface area contributed by atoms with Crippen molar-refractivity contribution in [2.24, 2.45) is 5.92 Å². The van der Waals surface area contributed by atoms with E-state index >= 15 is 0 Å². The second kappa shape index (κ2) is 8.28. The van der Waals surface area contributed by atoms with Crippen LogP contribution in [0.25, 0.3) is 0 Å². The number of carbonyl (C=O) groups excluding carboxylic acids is 2. The maximum absolute atomic E-state index is 13.4. The lowest BCUT2D eigenvalue weighted by Gasteiger charge is -2.43. The molecule has 0 unspecified atom stereocenters. The van der Waals surface area contributed by atoms with Crippen molar-refractivity contribution in [3.8, 4) is 0 Å². The highest BCUT2D eigenvalue weighted by Gasteiger charge is 2.46. The standard InChI is InChI=1S/C21H30N4O4S/c1-14-5-3-4-6-16(14)11-24-13-18-9-17(23-30(2,28)29)12-25(18)21(27)19(24)10-22-20(26)15-7-8-15/h3-6,15,17-19,23H,7-13H2,1-2H3,(H,22,26)/t17-,18-,19-/m0/s1. The molecule has 2 aliphatic heterocycles. The first-order chi connectivity index (χ1) is 14.2. The molecule has 3 atom stereocenters. The number of rotatable bonds is 7. The number of benzene rings is 1. The molecular weight excluding hydrogens is 404 g/mol. The lowest BCUT2D eigenvalue weighted by Crippen LogP contribution is -2.62. The monoisotopic (exact) mass is 434 g/mol. The molecule has 30 heavy (non-hydrogen) atoms. The zero-order chi connectivity index (χ0) is 21.5. The molecule has 0 radical (unpaired) electrons. The highest BCUT2D eigenvalue weighted by molar-refractivity contribution is 7.88. The van der Waals surface area contributed by atoms with Crippen LogP contribution in [0.15, 0.2) is 24.3 Å². The third kappa shape index (κ3) is 4.84. The van der Waals surface area contributed by atoms with E-state index in [0.717, 1.165) is 30.2 Å².